The van der Waals surface area contributed by atoms with Crippen molar-refractivity contribution < 1.29 is 4.79 Å². The maximum absolute atomic E-state index is 12.9. The second-order valence-electron chi connectivity index (χ2n) is 7.04. The first kappa shape index (κ1) is 16.9. The third-order valence-electron chi connectivity index (χ3n) is 5.38. The lowest BCUT2D eigenvalue weighted by atomic mass is 9.86. The molecule has 3 rings (SSSR count). The molecule has 2 fully saturated rings. The van der Waals surface area contributed by atoms with E-state index in [0.717, 1.165) is 42.5 Å². The van der Waals surface area contributed by atoms with Gasteiger partial charge < -0.3 is 16.0 Å². The lowest BCUT2D eigenvalue weighted by Gasteiger charge is -2.38. The van der Waals surface area contributed by atoms with Crippen molar-refractivity contribution in [1.82, 2.24) is 10.2 Å². The van der Waals surface area contributed by atoms with Crippen LogP contribution in [0.5, 0.6) is 0 Å². The molecule has 3 N–H and O–H groups in total. The maximum atomic E-state index is 12.9. The Bertz CT molecular complexity index is 544. The third-order valence-corrected chi connectivity index (χ3v) is 5.91. The zero-order valence-corrected chi connectivity index (χ0v) is 15.3. The van der Waals surface area contributed by atoms with Gasteiger partial charge in [0, 0.05) is 23.6 Å². The topological polar surface area (TPSA) is 58.4 Å². The number of carbonyl (C=O) groups excluding carboxylic acids is 1. The van der Waals surface area contributed by atoms with Crippen molar-refractivity contribution in [3.05, 3.63) is 34.3 Å². The van der Waals surface area contributed by atoms with Crippen molar-refractivity contribution in [3.63, 3.8) is 0 Å². The molecule has 1 amide bonds. The lowest BCUT2D eigenvalue weighted by molar-refractivity contribution is -0.138. The molecule has 1 aromatic rings. The molecule has 0 spiro atoms. The van der Waals surface area contributed by atoms with Crippen LogP contribution in [0.4, 0.5) is 0 Å². The van der Waals surface area contributed by atoms with E-state index in [2.05, 4.69) is 21.2 Å². The first-order chi connectivity index (χ1) is 11.0. The molecule has 0 saturated carbocycles. The van der Waals surface area contributed by atoms with E-state index in [1.165, 1.54) is 12.8 Å². The van der Waals surface area contributed by atoms with Gasteiger partial charge in [0.1, 0.15) is 5.54 Å². The molecule has 0 aromatic heterocycles. The third kappa shape index (κ3) is 3.62. The average molecular weight is 380 g/mol. The summed E-state index contributed by atoms with van der Waals surface area (Å²) >= 11 is 3.42. The molecular formula is C18H26BrN3O. The Hall–Kier alpha value is -0.910. The zero-order valence-electron chi connectivity index (χ0n) is 13.7. The number of halogens is 1. The van der Waals surface area contributed by atoms with Gasteiger partial charge in [-0.1, -0.05) is 28.1 Å². The van der Waals surface area contributed by atoms with E-state index in [-0.39, 0.29) is 5.91 Å². The van der Waals surface area contributed by atoms with E-state index in [9.17, 15) is 4.79 Å². The van der Waals surface area contributed by atoms with Gasteiger partial charge in [-0.3, -0.25) is 4.79 Å². The number of hydrogen-bond acceptors (Lipinski definition) is 3. The second-order valence-corrected chi connectivity index (χ2v) is 7.96. The van der Waals surface area contributed by atoms with Gasteiger partial charge in [-0.25, -0.2) is 0 Å². The van der Waals surface area contributed by atoms with Crippen LogP contribution in [0.2, 0.25) is 0 Å². The van der Waals surface area contributed by atoms with Crippen LogP contribution >= 0.6 is 15.9 Å². The number of hydrogen-bond donors (Lipinski definition) is 2. The Kier molecular flexibility index (Phi) is 5.09. The van der Waals surface area contributed by atoms with Gasteiger partial charge in [-0.15, -0.1) is 0 Å². The predicted molar refractivity (Wildman–Crippen MR) is 96.0 cm³/mol. The van der Waals surface area contributed by atoms with Crippen molar-refractivity contribution in [2.45, 2.75) is 44.2 Å². The molecule has 2 unspecified atom stereocenters. The number of likely N-dealkylation sites (tertiary alicyclic amines) is 1. The quantitative estimate of drug-likeness (QED) is 0.848. The molecule has 2 saturated heterocycles. The molecule has 2 aliphatic rings. The van der Waals surface area contributed by atoms with Crippen molar-refractivity contribution in [3.8, 4) is 0 Å². The van der Waals surface area contributed by atoms with E-state index in [1.54, 1.807) is 0 Å². The minimum atomic E-state index is -0.959. The van der Waals surface area contributed by atoms with E-state index in [0.29, 0.717) is 12.0 Å². The number of benzene rings is 1. The van der Waals surface area contributed by atoms with Crippen LogP contribution in [0, 0.1) is 5.92 Å². The largest absolute Gasteiger partial charge is 0.341 e. The SMILES string of the molecule is CC(N)(C(=O)N1CCC(C2CCCN2)CC1)c1ccc(Br)cc1. The monoisotopic (exact) mass is 379 g/mol. The minimum absolute atomic E-state index is 0.0395. The fourth-order valence-corrected chi connectivity index (χ4v) is 4.13. The number of amides is 1. The number of carbonyl (C=O) groups is 1. The van der Waals surface area contributed by atoms with Crippen molar-refractivity contribution in [2.24, 2.45) is 11.7 Å². The number of nitrogens with zero attached hydrogens (tertiary/aromatic N) is 1. The summed E-state index contributed by atoms with van der Waals surface area (Å²) in [5.41, 5.74) is 6.31. The van der Waals surface area contributed by atoms with Crippen LogP contribution in [-0.2, 0) is 10.3 Å². The summed E-state index contributed by atoms with van der Waals surface area (Å²) in [5, 5.41) is 3.60. The summed E-state index contributed by atoms with van der Waals surface area (Å²) in [4.78, 5) is 14.9. The Balaban J connectivity index is 1.62. The van der Waals surface area contributed by atoms with Gasteiger partial charge in [0.2, 0.25) is 5.91 Å². The van der Waals surface area contributed by atoms with Crippen LogP contribution in [0.25, 0.3) is 0 Å². The molecule has 2 atom stereocenters. The van der Waals surface area contributed by atoms with Gasteiger partial charge in [0.05, 0.1) is 0 Å². The number of nitrogens with one attached hydrogen (secondary N) is 1. The molecule has 2 aliphatic heterocycles. The Morgan fingerprint density at radius 3 is 2.48 bits per heavy atom. The smallest absolute Gasteiger partial charge is 0.246 e. The minimum Gasteiger partial charge on any atom is -0.341 e. The summed E-state index contributed by atoms with van der Waals surface area (Å²) in [6, 6.07) is 8.38. The van der Waals surface area contributed by atoms with Crippen molar-refractivity contribution >= 4 is 21.8 Å². The van der Waals surface area contributed by atoms with E-state index in [4.69, 9.17) is 5.73 Å². The van der Waals surface area contributed by atoms with Gasteiger partial charge in [0.15, 0.2) is 0 Å². The second kappa shape index (κ2) is 6.91. The molecule has 5 heteroatoms. The summed E-state index contributed by atoms with van der Waals surface area (Å²) in [6.07, 6.45) is 4.74. The highest BCUT2D eigenvalue weighted by Crippen LogP contribution is 2.29. The fourth-order valence-electron chi connectivity index (χ4n) is 3.87. The summed E-state index contributed by atoms with van der Waals surface area (Å²) < 4.78 is 0.995. The highest BCUT2D eigenvalue weighted by Gasteiger charge is 2.37. The zero-order chi connectivity index (χ0) is 16.4. The Labute approximate surface area is 146 Å². The first-order valence-corrected chi connectivity index (χ1v) is 9.35. The molecule has 126 valence electrons. The molecule has 0 bridgehead atoms. The van der Waals surface area contributed by atoms with Crippen LogP contribution in [0.15, 0.2) is 28.7 Å². The Morgan fingerprint density at radius 1 is 1.26 bits per heavy atom. The fraction of sp³-hybridized carbons (Fsp3) is 0.611. The van der Waals surface area contributed by atoms with Crippen molar-refractivity contribution in [2.75, 3.05) is 19.6 Å². The van der Waals surface area contributed by atoms with Crippen LogP contribution in [-0.4, -0.2) is 36.5 Å². The molecule has 0 radical (unpaired) electrons. The number of nitrogens with two attached hydrogens (primary N) is 1. The van der Waals surface area contributed by atoms with Crippen LogP contribution < -0.4 is 11.1 Å². The van der Waals surface area contributed by atoms with E-state index < -0.39 is 5.54 Å². The highest BCUT2D eigenvalue weighted by atomic mass is 79.9. The van der Waals surface area contributed by atoms with Gasteiger partial charge >= 0.3 is 0 Å². The highest BCUT2D eigenvalue weighted by molar-refractivity contribution is 9.10. The molecule has 23 heavy (non-hydrogen) atoms. The van der Waals surface area contributed by atoms with Crippen LogP contribution in [0.1, 0.15) is 38.2 Å². The number of rotatable bonds is 3. The van der Waals surface area contributed by atoms with E-state index in [1.807, 2.05) is 36.1 Å². The molecule has 1 aromatic carbocycles. The molecule has 2 heterocycles. The summed E-state index contributed by atoms with van der Waals surface area (Å²) in [7, 11) is 0. The maximum Gasteiger partial charge on any atom is 0.246 e. The van der Waals surface area contributed by atoms with Crippen molar-refractivity contribution in [1.29, 1.82) is 0 Å². The lowest BCUT2D eigenvalue weighted by Crippen LogP contribution is -2.53. The number of piperidine rings is 1. The summed E-state index contributed by atoms with van der Waals surface area (Å²) in [5.74, 6) is 0.746. The van der Waals surface area contributed by atoms with Gasteiger partial charge in [0.25, 0.3) is 0 Å². The first-order valence-electron chi connectivity index (χ1n) is 8.56. The van der Waals surface area contributed by atoms with Crippen LogP contribution in [0.3, 0.4) is 0 Å². The molecular weight excluding hydrogens is 354 g/mol. The predicted octanol–water partition coefficient (Wildman–Crippen LogP) is 2.61. The Morgan fingerprint density at radius 2 is 1.91 bits per heavy atom. The average Bonchev–Trinajstić information content (AvgIpc) is 3.09. The van der Waals surface area contributed by atoms with Gasteiger partial charge in [-0.05, 0) is 62.8 Å². The van der Waals surface area contributed by atoms with E-state index >= 15 is 0 Å². The molecule has 0 aliphatic carbocycles. The molecule has 4 nitrogen and oxygen atoms in total. The normalized spacial score (nSPS) is 25.3. The summed E-state index contributed by atoms with van der Waals surface area (Å²) in [6.45, 7) is 4.62. The van der Waals surface area contributed by atoms with Gasteiger partial charge in [-0.2, -0.15) is 0 Å². The standard InChI is InChI=1S/C18H26BrN3O/c1-18(20,14-4-6-15(19)7-5-14)17(23)22-11-8-13(9-12-22)16-3-2-10-21-16/h4-7,13,16,21H,2-3,8-12,20H2,1H3.